The van der Waals surface area contributed by atoms with E-state index in [4.69, 9.17) is 5.11 Å². The lowest BCUT2D eigenvalue weighted by molar-refractivity contribution is -0.139. The monoisotopic (exact) mass is 312 g/mol. The molecule has 22 heavy (non-hydrogen) atoms. The van der Waals surface area contributed by atoms with E-state index in [9.17, 15) is 18.0 Å². The average Bonchev–Trinajstić information content (AvgIpc) is 3.16. The van der Waals surface area contributed by atoms with E-state index >= 15 is 0 Å². The number of aromatic amines is 1. The Labute approximate surface area is 122 Å². The third-order valence-corrected chi connectivity index (χ3v) is 3.31. The molecule has 3 rings (SSSR count). The smallest absolute Gasteiger partial charge is 0.416 e. The van der Waals surface area contributed by atoms with E-state index in [0.717, 1.165) is 12.1 Å². The molecule has 1 aliphatic heterocycles. The topological polar surface area (TPSA) is 109 Å². The summed E-state index contributed by atoms with van der Waals surface area (Å²) in [4.78, 5) is 17.9. The summed E-state index contributed by atoms with van der Waals surface area (Å²) < 4.78 is 38.3. The van der Waals surface area contributed by atoms with Gasteiger partial charge in [0.1, 0.15) is 0 Å². The van der Waals surface area contributed by atoms with E-state index in [2.05, 4.69) is 20.8 Å². The lowest BCUT2D eigenvalue weighted by Gasteiger charge is -2.08. The first kappa shape index (κ1) is 14.2. The zero-order chi connectivity index (χ0) is 15.9. The van der Waals surface area contributed by atoms with Gasteiger partial charge in [0.25, 0.3) is 0 Å². The SMILES string of the molecule is O=C(O)[C@H](Cc1c[nH]c2ccc(C(F)(F)F)cc12)N=C1NN1. The van der Waals surface area contributed by atoms with E-state index in [0.29, 0.717) is 22.4 Å². The second kappa shape index (κ2) is 4.93. The Morgan fingerprint density at radius 2 is 2.05 bits per heavy atom. The molecule has 4 N–H and O–H groups in total. The number of halogens is 3. The molecular formula is C13H11F3N4O2. The number of alkyl halides is 3. The number of carbonyl (C=O) groups is 1. The summed E-state index contributed by atoms with van der Waals surface area (Å²) >= 11 is 0. The predicted octanol–water partition coefficient (Wildman–Crippen LogP) is 1.65. The average molecular weight is 312 g/mol. The van der Waals surface area contributed by atoms with Crippen LogP contribution in [0.1, 0.15) is 11.1 Å². The highest BCUT2D eigenvalue weighted by Gasteiger charge is 2.31. The van der Waals surface area contributed by atoms with Crippen LogP contribution in [0, 0.1) is 0 Å². The van der Waals surface area contributed by atoms with Crippen molar-refractivity contribution in [1.29, 1.82) is 0 Å². The Balaban J connectivity index is 1.96. The lowest BCUT2D eigenvalue weighted by Crippen LogP contribution is -2.21. The molecule has 9 heteroatoms. The van der Waals surface area contributed by atoms with Gasteiger partial charge in [0.05, 0.1) is 5.56 Å². The van der Waals surface area contributed by atoms with Gasteiger partial charge in [0.2, 0.25) is 5.96 Å². The highest BCUT2D eigenvalue weighted by atomic mass is 19.4. The number of guanidine groups is 1. The molecule has 116 valence electrons. The summed E-state index contributed by atoms with van der Waals surface area (Å²) in [7, 11) is 0. The molecule has 0 amide bonds. The summed E-state index contributed by atoms with van der Waals surface area (Å²) in [5.41, 5.74) is 5.30. The van der Waals surface area contributed by atoms with Crippen LogP contribution in [-0.4, -0.2) is 28.1 Å². The van der Waals surface area contributed by atoms with Crippen LogP contribution in [-0.2, 0) is 17.4 Å². The van der Waals surface area contributed by atoms with Crippen LogP contribution in [0.25, 0.3) is 10.9 Å². The van der Waals surface area contributed by atoms with Crippen LogP contribution >= 0.6 is 0 Å². The van der Waals surface area contributed by atoms with Gasteiger partial charge >= 0.3 is 12.1 Å². The van der Waals surface area contributed by atoms with E-state index in [1.807, 2.05) is 0 Å². The summed E-state index contributed by atoms with van der Waals surface area (Å²) in [6, 6.07) is 2.25. The molecule has 0 aliphatic carbocycles. The van der Waals surface area contributed by atoms with E-state index in [-0.39, 0.29) is 6.42 Å². The van der Waals surface area contributed by atoms with Gasteiger partial charge in [-0.1, -0.05) is 0 Å². The summed E-state index contributed by atoms with van der Waals surface area (Å²) in [6.45, 7) is 0. The zero-order valence-corrected chi connectivity index (χ0v) is 11.0. The van der Waals surface area contributed by atoms with Crippen molar-refractivity contribution in [2.75, 3.05) is 0 Å². The standard InChI is InChI=1S/C13H11F3N4O2/c14-13(15,16)7-1-2-9-8(4-7)6(5-17-9)3-10(11(21)22)18-12-19-20-12/h1-2,4-5,10,17H,3H2,(H,21,22)(H2,18,19,20)/t10-/m0/s1. The van der Waals surface area contributed by atoms with Crippen molar-refractivity contribution >= 4 is 22.8 Å². The van der Waals surface area contributed by atoms with Crippen molar-refractivity contribution in [2.45, 2.75) is 18.6 Å². The van der Waals surface area contributed by atoms with Gasteiger partial charge in [-0.25, -0.2) is 9.79 Å². The molecule has 0 saturated carbocycles. The Bertz CT molecular complexity index is 760. The molecule has 0 bridgehead atoms. The number of fused-ring (bicyclic) bond motifs is 1. The number of aliphatic imine (C=N–C) groups is 1. The normalized spacial score (nSPS) is 15.1. The van der Waals surface area contributed by atoms with Gasteiger partial charge in [0, 0.05) is 23.5 Å². The molecule has 2 aromatic rings. The van der Waals surface area contributed by atoms with E-state index < -0.39 is 23.8 Å². The number of benzene rings is 1. The number of hydrogen-bond acceptors (Lipinski definition) is 2. The molecule has 1 fully saturated rings. The first-order valence-electron chi connectivity index (χ1n) is 6.34. The van der Waals surface area contributed by atoms with Crippen molar-refractivity contribution < 1.29 is 23.1 Å². The van der Waals surface area contributed by atoms with Crippen LogP contribution in [0.15, 0.2) is 29.4 Å². The highest BCUT2D eigenvalue weighted by Crippen LogP contribution is 2.32. The zero-order valence-electron chi connectivity index (χ0n) is 11.0. The van der Waals surface area contributed by atoms with Crippen molar-refractivity contribution in [3.8, 4) is 0 Å². The lowest BCUT2D eigenvalue weighted by atomic mass is 10.0. The van der Waals surface area contributed by atoms with Crippen LogP contribution in [0.3, 0.4) is 0 Å². The van der Waals surface area contributed by atoms with Crippen LogP contribution in [0.4, 0.5) is 13.2 Å². The van der Waals surface area contributed by atoms with Gasteiger partial charge in [-0.15, -0.1) is 0 Å². The largest absolute Gasteiger partial charge is 0.480 e. The van der Waals surface area contributed by atoms with Crippen molar-refractivity contribution in [3.63, 3.8) is 0 Å². The minimum absolute atomic E-state index is 0.0104. The number of hydrazine groups is 1. The number of H-pyrrole nitrogens is 1. The number of rotatable bonds is 4. The van der Waals surface area contributed by atoms with Crippen LogP contribution in [0.2, 0.25) is 0 Å². The number of nitrogens with one attached hydrogen (secondary N) is 3. The highest BCUT2D eigenvalue weighted by molar-refractivity contribution is 5.93. The molecular weight excluding hydrogens is 301 g/mol. The van der Waals surface area contributed by atoms with Crippen LogP contribution in [0.5, 0.6) is 0 Å². The molecule has 1 atom stereocenters. The first-order chi connectivity index (χ1) is 10.3. The molecule has 6 nitrogen and oxygen atoms in total. The molecule has 1 aliphatic rings. The fourth-order valence-electron chi connectivity index (χ4n) is 2.17. The van der Waals surface area contributed by atoms with Gasteiger partial charge in [-0.2, -0.15) is 13.2 Å². The number of carboxylic acids is 1. The number of carboxylic acid groups (broad SMARTS) is 1. The third kappa shape index (κ3) is 2.83. The number of nitrogens with zero attached hydrogens (tertiary/aromatic N) is 1. The quantitative estimate of drug-likeness (QED) is 0.643. The predicted molar refractivity (Wildman–Crippen MR) is 72.1 cm³/mol. The second-order valence-corrected chi connectivity index (χ2v) is 4.86. The fourth-order valence-corrected chi connectivity index (χ4v) is 2.17. The Morgan fingerprint density at radius 3 is 2.64 bits per heavy atom. The summed E-state index contributed by atoms with van der Waals surface area (Å²) in [5.74, 6) is -0.799. The van der Waals surface area contributed by atoms with Crippen molar-refractivity contribution in [1.82, 2.24) is 15.8 Å². The first-order valence-corrected chi connectivity index (χ1v) is 6.34. The molecule has 0 radical (unpaired) electrons. The number of aromatic nitrogens is 1. The molecule has 1 saturated heterocycles. The minimum Gasteiger partial charge on any atom is -0.480 e. The van der Waals surface area contributed by atoms with Gasteiger partial charge < -0.3 is 10.1 Å². The Kier molecular flexibility index (Phi) is 3.19. The fraction of sp³-hybridized carbons (Fsp3) is 0.231. The number of aliphatic carboxylic acids is 1. The second-order valence-electron chi connectivity index (χ2n) is 4.86. The Hall–Kier alpha value is -2.71. The van der Waals surface area contributed by atoms with Gasteiger partial charge in [-0.3, -0.25) is 10.9 Å². The maximum Gasteiger partial charge on any atom is 0.416 e. The van der Waals surface area contributed by atoms with Gasteiger partial charge in [0.15, 0.2) is 6.04 Å². The molecule has 0 unspecified atom stereocenters. The molecule has 1 aromatic heterocycles. The maximum atomic E-state index is 12.8. The van der Waals surface area contributed by atoms with Crippen molar-refractivity contribution in [2.24, 2.45) is 4.99 Å². The van der Waals surface area contributed by atoms with E-state index in [1.165, 1.54) is 12.3 Å². The van der Waals surface area contributed by atoms with Crippen LogP contribution < -0.4 is 10.9 Å². The minimum atomic E-state index is -4.45. The maximum absolute atomic E-state index is 12.8. The molecule has 0 spiro atoms. The summed E-state index contributed by atoms with van der Waals surface area (Å²) in [6.07, 6.45) is -2.95. The third-order valence-electron chi connectivity index (χ3n) is 3.31. The summed E-state index contributed by atoms with van der Waals surface area (Å²) in [5, 5.41) is 9.50. The Morgan fingerprint density at radius 1 is 1.32 bits per heavy atom. The van der Waals surface area contributed by atoms with Gasteiger partial charge in [-0.05, 0) is 23.8 Å². The van der Waals surface area contributed by atoms with E-state index in [1.54, 1.807) is 0 Å². The molecule has 1 aromatic carbocycles. The number of hydrogen-bond donors (Lipinski definition) is 4. The molecule has 2 heterocycles. The van der Waals surface area contributed by atoms with Crippen molar-refractivity contribution in [3.05, 3.63) is 35.5 Å².